The zero-order valence-corrected chi connectivity index (χ0v) is 15.9. The summed E-state index contributed by atoms with van der Waals surface area (Å²) in [4.78, 5) is 24.7. The van der Waals surface area contributed by atoms with Gasteiger partial charge in [0.15, 0.2) is 11.4 Å². The number of halogens is 4. The Hall–Kier alpha value is -3.89. The molecule has 0 aliphatic carbocycles. The van der Waals surface area contributed by atoms with Gasteiger partial charge in [-0.3, -0.25) is 9.59 Å². The van der Waals surface area contributed by atoms with Crippen LogP contribution in [0.15, 0.2) is 53.3 Å². The molecular formula is C20H16F4N4O3. The highest BCUT2D eigenvalue weighted by Gasteiger charge is 2.31. The average molecular weight is 436 g/mol. The van der Waals surface area contributed by atoms with Crippen molar-refractivity contribution in [2.24, 2.45) is 0 Å². The van der Waals surface area contributed by atoms with Gasteiger partial charge < -0.3 is 16.2 Å². The molecule has 3 aromatic rings. The fourth-order valence-corrected chi connectivity index (χ4v) is 2.84. The van der Waals surface area contributed by atoms with E-state index in [1.807, 2.05) is 0 Å². The minimum Gasteiger partial charge on any atom is -0.505 e. The number of hydrogen-bond donors (Lipinski definition) is 3. The molecule has 0 saturated carbocycles. The number of para-hydroxylation sites is 1. The Labute approximate surface area is 172 Å². The van der Waals surface area contributed by atoms with E-state index < -0.39 is 46.5 Å². The number of hydrogen-bond acceptors (Lipinski definition) is 5. The molecule has 0 aliphatic heterocycles. The maximum Gasteiger partial charge on any atom is 0.416 e. The van der Waals surface area contributed by atoms with Crippen molar-refractivity contribution in [2.45, 2.75) is 19.1 Å². The number of rotatable bonds is 4. The van der Waals surface area contributed by atoms with Gasteiger partial charge in [-0.25, -0.2) is 4.39 Å². The number of nitrogens with zero attached hydrogens (tertiary/aromatic N) is 2. The number of alkyl halides is 3. The fourth-order valence-electron chi connectivity index (χ4n) is 2.84. The highest BCUT2D eigenvalue weighted by atomic mass is 19.4. The molecule has 1 amide bonds. The zero-order chi connectivity index (χ0) is 22.9. The normalized spacial score (nSPS) is 12.4. The topological polar surface area (TPSA) is 110 Å². The lowest BCUT2D eigenvalue weighted by Gasteiger charge is -2.17. The second-order valence-corrected chi connectivity index (χ2v) is 6.66. The Bertz CT molecular complexity index is 1210. The Balaban J connectivity index is 1.94. The van der Waals surface area contributed by atoms with Crippen molar-refractivity contribution < 1.29 is 27.5 Å². The fraction of sp³-hybridized carbons (Fsp3) is 0.150. The number of anilines is 1. The summed E-state index contributed by atoms with van der Waals surface area (Å²) in [5.74, 6) is -2.56. The van der Waals surface area contributed by atoms with E-state index in [0.717, 1.165) is 18.2 Å². The van der Waals surface area contributed by atoms with Gasteiger partial charge in [0.25, 0.3) is 11.5 Å². The van der Waals surface area contributed by atoms with Gasteiger partial charge in [-0.15, -0.1) is 0 Å². The van der Waals surface area contributed by atoms with E-state index in [4.69, 9.17) is 5.73 Å². The number of nitrogens with one attached hydrogen (secondary N) is 1. The molecule has 1 aromatic heterocycles. The molecule has 0 aliphatic rings. The van der Waals surface area contributed by atoms with Crippen molar-refractivity contribution in [3.05, 3.63) is 81.5 Å². The van der Waals surface area contributed by atoms with Crippen molar-refractivity contribution in [3.63, 3.8) is 0 Å². The molecule has 1 atom stereocenters. The van der Waals surface area contributed by atoms with E-state index in [2.05, 4.69) is 10.4 Å². The van der Waals surface area contributed by atoms with E-state index in [9.17, 15) is 32.3 Å². The second kappa shape index (κ2) is 8.09. The predicted octanol–water partition coefficient (Wildman–Crippen LogP) is 3.17. The molecule has 31 heavy (non-hydrogen) atoms. The lowest BCUT2D eigenvalue weighted by Crippen LogP contribution is -2.31. The number of amides is 1. The van der Waals surface area contributed by atoms with E-state index >= 15 is 0 Å². The molecule has 162 valence electrons. The number of carbonyl (C=O) groups excluding carboxylic acids is 1. The smallest absolute Gasteiger partial charge is 0.416 e. The van der Waals surface area contributed by atoms with Gasteiger partial charge in [0.1, 0.15) is 11.5 Å². The molecule has 0 saturated heterocycles. The lowest BCUT2D eigenvalue weighted by molar-refractivity contribution is -0.137. The van der Waals surface area contributed by atoms with E-state index in [1.165, 1.54) is 31.2 Å². The van der Waals surface area contributed by atoms with E-state index in [-0.39, 0.29) is 16.9 Å². The minimum absolute atomic E-state index is 0.0580. The first-order valence-corrected chi connectivity index (χ1v) is 8.84. The van der Waals surface area contributed by atoms with Crippen LogP contribution < -0.4 is 16.6 Å². The number of aromatic nitrogens is 2. The van der Waals surface area contributed by atoms with Crippen LogP contribution in [-0.2, 0) is 6.18 Å². The number of nitrogens with two attached hydrogens (primary N) is 1. The van der Waals surface area contributed by atoms with Crippen LogP contribution >= 0.6 is 0 Å². The van der Waals surface area contributed by atoms with Crippen molar-refractivity contribution >= 4 is 11.6 Å². The van der Waals surface area contributed by atoms with E-state index in [0.29, 0.717) is 10.7 Å². The molecule has 0 radical (unpaired) electrons. The van der Waals surface area contributed by atoms with Gasteiger partial charge in [0.05, 0.1) is 11.6 Å². The Morgan fingerprint density at radius 1 is 1.19 bits per heavy atom. The van der Waals surface area contributed by atoms with Crippen LogP contribution in [0.5, 0.6) is 5.75 Å². The summed E-state index contributed by atoms with van der Waals surface area (Å²) >= 11 is 0. The molecule has 3 rings (SSSR count). The van der Waals surface area contributed by atoms with Crippen molar-refractivity contribution in [1.29, 1.82) is 0 Å². The van der Waals surface area contributed by atoms with Gasteiger partial charge in [-0.05, 0) is 42.8 Å². The predicted molar refractivity (Wildman–Crippen MR) is 103 cm³/mol. The minimum atomic E-state index is -4.64. The number of carbonyl (C=O) groups is 1. The summed E-state index contributed by atoms with van der Waals surface area (Å²) in [5, 5.41) is 16.1. The van der Waals surface area contributed by atoms with Crippen molar-refractivity contribution in [1.82, 2.24) is 15.1 Å². The van der Waals surface area contributed by atoms with Crippen molar-refractivity contribution in [2.75, 3.05) is 5.73 Å². The zero-order valence-electron chi connectivity index (χ0n) is 15.9. The molecule has 11 heteroatoms. The molecule has 1 heterocycles. The molecule has 0 spiro atoms. The molecule has 0 unspecified atom stereocenters. The average Bonchev–Trinajstić information content (AvgIpc) is 2.67. The summed E-state index contributed by atoms with van der Waals surface area (Å²) < 4.78 is 53.7. The Kier molecular flexibility index (Phi) is 5.69. The number of aromatic hydroxyl groups is 1. The highest BCUT2D eigenvalue weighted by molar-refractivity contribution is 5.94. The third-order valence-corrected chi connectivity index (χ3v) is 4.36. The monoisotopic (exact) mass is 436 g/mol. The summed E-state index contributed by atoms with van der Waals surface area (Å²) in [6.45, 7) is 1.40. The number of benzene rings is 2. The molecule has 0 bridgehead atoms. The van der Waals surface area contributed by atoms with Gasteiger partial charge in [-0.2, -0.15) is 23.0 Å². The second-order valence-electron chi connectivity index (χ2n) is 6.66. The first-order valence-electron chi connectivity index (χ1n) is 8.84. The molecule has 7 nitrogen and oxygen atoms in total. The Morgan fingerprint density at radius 3 is 2.52 bits per heavy atom. The summed E-state index contributed by atoms with van der Waals surface area (Å²) in [7, 11) is 0. The third-order valence-electron chi connectivity index (χ3n) is 4.36. The van der Waals surface area contributed by atoms with Crippen LogP contribution in [0.2, 0.25) is 0 Å². The Morgan fingerprint density at radius 2 is 1.87 bits per heavy atom. The quantitative estimate of drug-likeness (QED) is 0.430. The number of nitrogen functional groups attached to an aromatic ring is 1. The lowest BCUT2D eigenvalue weighted by atomic mass is 10.0. The van der Waals surface area contributed by atoms with Crippen LogP contribution in [0.3, 0.4) is 0 Å². The molecular weight excluding hydrogens is 420 g/mol. The van der Waals surface area contributed by atoms with Gasteiger partial charge >= 0.3 is 6.18 Å². The summed E-state index contributed by atoms with van der Waals surface area (Å²) in [6.07, 6.45) is -4.64. The van der Waals surface area contributed by atoms with Crippen LogP contribution in [0.25, 0.3) is 5.69 Å². The maximum absolute atomic E-state index is 14.0. The van der Waals surface area contributed by atoms with Gasteiger partial charge in [-0.1, -0.05) is 12.1 Å². The first kappa shape index (κ1) is 21.8. The first-order chi connectivity index (χ1) is 14.5. The third kappa shape index (κ3) is 4.65. The van der Waals surface area contributed by atoms with Crippen LogP contribution in [0.4, 0.5) is 23.2 Å². The molecule has 0 fully saturated rings. The molecule has 4 N–H and O–H groups in total. The standard InChI is InChI=1S/C20H16F4N4O3/c1-10(11-6-12(20(22,23)24)8-13(25)7-11)26-19(31)18-16(29)9-17(30)28(27-18)15-5-3-2-4-14(15)21/h2-10,29H,25H2,1H3,(H,26,31)/t10-/m1/s1. The summed E-state index contributed by atoms with van der Waals surface area (Å²) in [5.41, 5.74) is 2.70. The SMILES string of the molecule is C[C@@H](NC(=O)c1nn(-c2ccccc2F)c(=O)cc1O)c1cc(N)cc(C(F)(F)F)c1. The largest absolute Gasteiger partial charge is 0.505 e. The van der Waals surface area contributed by atoms with Crippen LogP contribution in [0, 0.1) is 5.82 Å². The van der Waals surface area contributed by atoms with Gasteiger partial charge in [0.2, 0.25) is 0 Å². The van der Waals surface area contributed by atoms with Crippen LogP contribution in [-0.4, -0.2) is 20.8 Å². The van der Waals surface area contributed by atoms with E-state index in [1.54, 1.807) is 0 Å². The highest BCUT2D eigenvalue weighted by Crippen LogP contribution is 2.32. The van der Waals surface area contributed by atoms with Crippen LogP contribution in [0.1, 0.15) is 34.6 Å². The summed E-state index contributed by atoms with van der Waals surface area (Å²) in [6, 6.07) is 7.72. The van der Waals surface area contributed by atoms with Crippen molar-refractivity contribution in [3.8, 4) is 11.4 Å². The van der Waals surface area contributed by atoms with Gasteiger partial charge in [0, 0.05) is 11.8 Å². The maximum atomic E-state index is 14.0. The molecule has 2 aromatic carbocycles.